The molecule has 554 valence electrons. The average molecular weight is 1390 g/mol. The van der Waals surface area contributed by atoms with Crippen molar-refractivity contribution in [1.29, 1.82) is 0 Å². The standard InChI is InChI=1S/C66H104O31/c1-26(2)12-11-17-65(8)54-30(70)20-64(7)29-13-14-36-62(4,5)37(16-18-63(36,6)28(29)15-19-66(54,64)61(82)97-65)92-53-41(75)35(91-57-47(81)52(40(74)34(23-69)88-57)95-59-46(80)51(84-10)39(73)33(22-68)90-59)25-86-60(53)96-56-43(77)42(76)48(27(3)87-56)93-55-44(78)49(31(71)24-85-55)94-58-45(79)50(83-9)38(72)32(21-67)89-58/h15,27,29,31-60,67-69,71-81H,1,11-14,16-25H2,2-10H3/t27-,29-,31+,32-,33+,34+,35+,36-,37+,38+,39+,40+,41-,42-,43+,44+,45+,46-,47-,48+,49+,50+,51+,52+,53-,54+,55+,56+,57-,58+,59-,60-,63+,64-,65-,66-/m0/s1. The average Bonchev–Trinajstić information content (AvgIpc) is 1.52. The van der Waals surface area contributed by atoms with Crippen molar-refractivity contribution in [3.8, 4) is 0 Å². The lowest BCUT2D eigenvalue weighted by Gasteiger charge is -2.63. The van der Waals surface area contributed by atoms with E-state index >= 15 is 0 Å². The van der Waals surface area contributed by atoms with Gasteiger partial charge in [-0.05, 0) is 100 Å². The maximum Gasteiger partial charge on any atom is 0.314 e. The molecule has 0 aromatic carbocycles. The number of methoxy groups -OCH3 is 2. The first kappa shape index (κ1) is 75.7. The zero-order chi connectivity index (χ0) is 70.5. The van der Waals surface area contributed by atoms with Crippen molar-refractivity contribution >= 4 is 11.8 Å². The van der Waals surface area contributed by atoms with Crippen molar-refractivity contribution in [3.05, 3.63) is 23.8 Å². The molecule has 7 heterocycles. The molecule has 0 aromatic heterocycles. The van der Waals surface area contributed by atoms with E-state index in [0.717, 1.165) is 18.4 Å². The van der Waals surface area contributed by atoms with Crippen LogP contribution in [0.4, 0.5) is 0 Å². The fourth-order valence-corrected chi connectivity index (χ4v) is 18.8. The predicted molar refractivity (Wildman–Crippen MR) is 325 cm³/mol. The second-order valence-electron chi connectivity index (χ2n) is 30.2. The second-order valence-corrected chi connectivity index (χ2v) is 30.2. The number of rotatable bonds is 21. The summed E-state index contributed by atoms with van der Waals surface area (Å²) in [6.07, 6.45) is -39.1. The van der Waals surface area contributed by atoms with E-state index < -0.39 is 244 Å². The van der Waals surface area contributed by atoms with Crippen molar-refractivity contribution in [2.24, 2.45) is 39.4 Å². The lowest BCUT2D eigenvalue weighted by atomic mass is 9.41. The maximum absolute atomic E-state index is 14.6. The minimum absolute atomic E-state index is 0.0467. The summed E-state index contributed by atoms with van der Waals surface area (Å²) in [6, 6.07) is 0. The van der Waals surface area contributed by atoms with E-state index in [1.807, 2.05) is 13.8 Å². The minimum atomic E-state index is -1.97. The molecular weight excluding hydrogens is 1290 g/mol. The largest absolute Gasteiger partial charge is 0.458 e. The molecule has 31 heteroatoms. The molecule has 0 bridgehead atoms. The number of cyclic esters (lactones) is 1. The smallest absolute Gasteiger partial charge is 0.314 e. The van der Waals surface area contributed by atoms with Gasteiger partial charge in [0.1, 0.15) is 140 Å². The van der Waals surface area contributed by atoms with E-state index in [1.165, 1.54) is 26.7 Å². The van der Waals surface area contributed by atoms with Crippen LogP contribution in [0.3, 0.4) is 0 Å². The van der Waals surface area contributed by atoms with E-state index in [-0.39, 0.29) is 30.0 Å². The molecule has 10 fully saturated rings. The van der Waals surface area contributed by atoms with E-state index in [9.17, 15) is 81.1 Å². The Morgan fingerprint density at radius 2 is 1.11 bits per heavy atom. The van der Waals surface area contributed by atoms with Gasteiger partial charge in [-0.2, -0.15) is 0 Å². The first-order chi connectivity index (χ1) is 45.8. The Morgan fingerprint density at radius 3 is 1.70 bits per heavy atom. The molecule has 31 nitrogen and oxygen atoms in total. The highest BCUT2D eigenvalue weighted by Gasteiger charge is 2.79. The highest BCUT2D eigenvalue weighted by Crippen LogP contribution is 2.75. The summed E-state index contributed by atoms with van der Waals surface area (Å²) >= 11 is 0. The number of hydrogen-bond acceptors (Lipinski definition) is 31. The van der Waals surface area contributed by atoms with Crippen molar-refractivity contribution in [1.82, 2.24) is 0 Å². The van der Waals surface area contributed by atoms with Crippen molar-refractivity contribution in [2.75, 3.05) is 47.3 Å². The van der Waals surface area contributed by atoms with Gasteiger partial charge in [-0.25, -0.2) is 0 Å². The normalized spacial score (nSPS) is 52.1. The lowest BCUT2D eigenvalue weighted by molar-refractivity contribution is -0.398. The highest BCUT2D eigenvalue weighted by molar-refractivity contribution is 5.99. The number of aliphatic hydroxyl groups excluding tert-OH is 14. The number of fused-ring (bicyclic) bond motifs is 4. The lowest BCUT2D eigenvalue weighted by Crippen LogP contribution is -2.67. The third kappa shape index (κ3) is 13.1. The minimum Gasteiger partial charge on any atom is -0.458 e. The van der Waals surface area contributed by atoms with Gasteiger partial charge in [0.2, 0.25) is 0 Å². The highest BCUT2D eigenvalue weighted by atomic mass is 16.8. The summed E-state index contributed by atoms with van der Waals surface area (Å²) in [5, 5.41) is 156. The van der Waals surface area contributed by atoms with Gasteiger partial charge in [0.15, 0.2) is 37.7 Å². The van der Waals surface area contributed by atoms with Gasteiger partial charge >= 0.3 is 5.97 Å². The van der Waals surface area contributed by atoms with Gasteiger partial charge in [-0.1, -0.05) is 44.9 Å². The quantitative estimate of drug-likeness (QED) is 0.0396. The summed E-state index contributed by atoms with van der Waals surface area (Å²) in [7, 11) is 2.40. The molecule has 0 unspecified atom stereocenters. The topological polar surface area (TPSA) is 456 Å². The first-order valence-electron chi connectivity index (χ1n) is 34.1. The van der Waals surface area contributed by atoms with Crippen molar-refractivity contribution in [3.63, 3.8) is 0 Å². The van der Waals surface area contributed by atoms with Gasteiger partial charge in [0.25, 0.3) is 0 Å². The molecule has 7 saturated heterocycles. The number of esters is 1. The Morgan fingerprint density at radius 1 is 0.577 bits per heavy atom. The molecule has 0 radical (unpaired) electrons. The van der Waals surface area contributed by atoms with Crippen LogP contribution < -0.4 is 0 Å². The summed E-state index contributed by atoms with van der Waals surface area (Å²) < 4.78 is 89.9. The van der Waals surface area contributed by atoms with Crippen LogP contribution in [0.2, 0.25) is 0 Å². The fraction of sp³-hybridized carbons (Fsp3) is 0.909. The molecule has 11 aliphatic rings. The molecule has 0 aromatic rings. The zero-order valence-electron chi connectivity index (χ0n) is 56.4. The molecule has 3 saturated carbocycles. The van der Waals surface area contributed by atoms with Crippen LogP contribution in [-0.4, -0.2) is 314 Å². The molecule has 1 spiro atoms. The number of hydrogen-bond donors (Lipinski definition) is 14. The Hall–Kier alpha value is -2.50. The zero-order valence-corrected chi connectivity index (χ0v) is 56.4. The maximum atomic E-state index is 14.6. The number of Topliss-reactive ketones (excluding diaryl/α,β-unsaturated/α-hetero) is 1. The van der Waals surface area contributed by atoms with E-state index in [0.29, 0.717) is 38.5 Å². The molecule has 14 N–H and O–H groups in total. The molecule has 0 amide bonds. The summed E-state index contributed by atoms with van der Waals surface area (Å²) in [5.41, 5.74) is -1.71. The monoisotopic (exact) mass is 1390 g/mol. The van der Waals surface area contributed by atoms with Crippen LogP contribution in [0, 0.1) is 39.4 Å². The van der Waals surface area contributed by atoms with Gasteiger partial charge in [0.05, 0.1) is 56.6 Å². The molecule has 4 aliphatic carbocycles. The number of ketones is 1. The third-order valence-electron chi connectivity index (χ3n) is 24.0. The summed E-state index contributed by atoms with van der Waals surface area (Å²) in [4.78, 5) is 29.1. The molecule has 7 aliphatic heterocycles. The summed E-state index contributed by atoms with van der Waals surface area (Å²) in [5.74, 6) is -1.08. The van der Waals surface area contributed by atoms with Crippen LogP contribution in [0.15, 0.2) is 23.8 Å². The summed E-state index contributed by atoms with van der Waals surface area (Å²) in [6.45, 7) is 14.5. The molecule has 36 atom stereocenters. The Bertz CT molecular complexity index is 2780. The van der Waals surface area contributed by atoms with Crippen molar-refractivity contribution < 1.29 is 152 Å². The Balaban J connectivity index is 0.830. The van der Waals surface area contributed by atoms with E-state index in [4.69, 9.17) is 71.1 Å². The van der Waals surface area contributed by atoms with Gasteiger partial charge in [-0.3, -0.25) is 9.59 Å². The van der Waals surface area contributed by atoms with Gasteiger partial charge < -0.3 is 143 Å². The van der Waals surface area contributed by atoms with Gasteiger partial charge in [0, 0.05) is 20.6 Å². The number of carbonyl (C=O) groups excluding carboxylic acids is 2. The van der Waals surface area contributed by atoms with Crippen LogP contribution in [0.5, 0.6) is 0 Å². The van der Waals surface area contributed by atoms with E-state index in [2.05, 4.69) is 40.3 Å². The first-order valence-corrected chi connectivity index (χ1v) is 34.1. The molecule has 11 rings (SSSR count). The number of aliphatic hydroxyl groups is 14. The fourth-order valence-electron chi connectivity index (χ4n) is 18.8. The van der Waals surface area contributed by atoms with Crippen molar-refractivity contribution in [2.45, 2.75) is 290 Å². The number of allylic oxidation sites excluding steroid dienone is 3. The Labute approximate surface area is 562 Å². The molecular formula is C66H104O31. The van der Waals surface area contributed by atoms with Crippen LogP contribution in [0.25, 0.3) is 0 Å². The second kappa shape index (κ2) is 29.2. The Kier molecular flexibility index (Phi) is 22.8. The SMILES string of the molecule is C=C(C)CCC[C@]1(C)OC(=O)[C@@]23CC=C4[C@H](CC[C@H]5C(C)(C)[C@H](O[C@@H]6[C@H](O[C@H]7O[C@@H](C)[C@@H](O[C@H]8OC[C@@H](O)[C@@H](O[C@H]9O[C@@H](CO)[C@@H](O)[C@@H](OC)[C@H]9O)[C@H]8O)[C@@H](O)[C@H]7O)OC[C@@H](O[C@@H]7O[C@H](CO)[C@@H](O)[C@@H](O[C@@H]8O[C@H](CO)[C@@H](O)[C@@H](OC)[C@@H]8O)[C@@H]7O)[C@@H]6O)CC[C@]45C)[C@]2(C)CC(=O)[C@H]13. The van der Waals surface area contributed by atoms with E-state index in [1.54, 1.807) is 0 Å². The molecule has 97 heavy (non-hydrogen) atoms. The van der Waals surface area contributed by atoms with Gasteiger partial charge in [-0.15, -0.1) is 6.58 Å². The van der Waals surface area contributed by atoms with Crippen LogP contribution in [0.1, 0.15) is 106 Å². The van der Waals surface area contributed by atoms with Crippen LogP contribution in [-0.2, 0) is 80.6 Å². The number of ether oxygens (including phenoxy) is 15. The predicted octanol–water partition coefficient (Wildman–Crippen LogP) is -3.27. The third-order valence-corrected chi connectivity index (χ3v) is 24.0. The van der Waals surface area contributed by atoms with Crippen LogP contribution >= 0.6 is 0 Å². The number of carbonyl (C=O) groups is 2.